The Morgan fingerprint density at radius 2 is 1.96 bits per heavy atom. The normalized spacial score (nSPS) is 14.5. The molecule has 7 heteroatoms. The summed E-state index contributed by atoms with van der Waals surface area (Å²) in [5, 5.41) is 15.4. The van der Waals surface area contributed by atoms with Crippen LogP contribution in [0.2, 0.25) is 0 Å². The number of phenolic OH excluding ortho intramolecular Hbond substituents is 1. The zero-order valence-electron chi connectivity index (χ0n) is 14.3. The number of halogens is 1. The molecule has 0 saturated heterocycles. The van der Waals surface area contributed by atoms with Gasteiger partial charge >= 0.3 is 0 Å². The van der Waals surface area contributed by atoms with E-state index < -0.39 is 11.8 Å². The summed E-state index contributed by atoms with van der Waals surface area (Å²) in [6.45, 7) is 4.24. The number of fused-ring (bicyclic) bond motifs is 1. The number of hydrogen-bond donors (Lipinski definition) is 3. The van der Waals surface area contributed by atoms with Crippen LogP contribution in [-0.2, 0) is 11.3 Å². The number of hydrogen-bond acceptors (Lipinski definition) is 5. The highest BCUT2D eigenvalue weighted by Crippen LogP contribution is 2.28. The van der Waals surface area contributed by atoms with Crippen molar-refractivity contribution in [3.05, 3.63) is 76.4 Å². The first-order chi connectivity index (χ1) is 13.0. The van der Waals surface area contributed by atoms with Crippen LogP contribution in [-0.4, -0.2) is 23.5 Å². The number of carbonyl (C=O) groups excluding carboxylic acids is 2. The molecule has 0 unspecified atom stereocenters. The minimum absolute atomic E-state index is 0.0269. The number of phenols is 1. The highest BCUT2D eigenvalue weighted by molar-refractivity contribution is 9.10. The van der Waals surface area contributed by atoms with E-state index in [1.807, 2.05) is 0 Å². The Morgan fingerprint density at radius 1 is 1.15 bits per heavy atom. The Hall–Kier alpha value is -3.06. The summed E-state index contributed by atoms with van der Waals surface area (Å²) in [6, 6.07) is 10.2. The Labute approximate surface area is 164 Å². The Kier molecular flexibility index (Phi) is 5.61. The van der Waals surface area contributed by atoms with E-state index >= 15 is 0 Å². The van der Waals surface area contributed by atoms with E-state index in [9.17, 15) is 14.7 Å². The van der Waals surface area contributed by atoms with Crippen molar-refractivity contribution in [1.29, 1.82) is 0 Å². The summed E-state index contributed by atoms with van der Waals surface area (Å²) in [5.74, 6) is -0.478. The van der Waals surface area contributed by atoms with Gasteiger partial charge in [0.1, 0.15) is 6.61 Å². The first-order valence-electron chi connectivity index (χ1n) is 8.14. The number of carbonyl (C=O) groups is 2. The van der Waals surface area contributed by atoms with Crippen LogP contribution in [0.4, 0.5) is 0 Å². The van der Waals surface area contributed by atoms with Crippen molar-refractivity contribution < 1.29 is 19.4 Å². The topological polar surface area (TPSA) is 87.7 Å². The number of amides is 2. The smallest absolute Gasteiger partial charge is 0.260 e. The highest BCUT2D eigenvalue weighted by Gasteiger charge is 2.27. The predicted octanol–water partition coefficient (Wildman–Crippen LogP) is 3.12. The number of ether oxygens (including phenoxy) is 1. The van der Waals surface area contributed by atoms with Gasteiger partial charge < -0.3 is 15.2 Å². The largest absolute Gasteiger partial charge is 0.504 e. The number of imide groups is 1. The second-order valence-electron chi connectivity index (χ2n) is 5.81. The zero-order valence-corrected chi connectivity index (χ0v) is 15.9. The van der Waals surface area contributed by atoms with Crippen molar-refractivity contribution in [3.63, 3.8) is 0 Å². The third-order valence-corrected chi connectivity index (χ3v) is 4.41. The van der Waals surface area contributed by atoms with E-state index in [2.05, 4.69) is 33.1 Å². The molecule has 0 aliphatic carbocycles. The van der Waals surface area contributed by atoms with E-state index in [0.717, 1.165) is 10.0 Å². The maximum Gasteiger partial charge on any atom is 0.260 e. The molecular formula is C20H17BrN2O4. The lowest BCUT2D eigenvalue weighted by Gasteiger charge is -2.18. The van der Waals surface area contributed by atoms with E-state index in [4.69, 9.17) is 4.74 Å². The molecule has 6 nitrogen and oxygen atoms in total. The average Bonchev–Trinajstić information content (AvgIpc) is 2.63. The van der Waals surface area contributed by atoms with Crippen LogP contribution in [0.15, 0.2) is 59.7 Å². The predicted molar refractivity (Wildman–Crippen MR) is 105 cm³/mol. The van der Waals surface area contributed by atoms with Crippen LogP contribution >= 0.6 is 15.9 Å². The molecule has 138 valence electrons. The molecule has 3 N–H and O–H groups in total. The van der Waals surface area contributed by atoms with Gasteiger partial charge in [-0.05, 0) is 35.9 Å². The summed E-state index contributed by atoms with van der Waals surface area (Å²) >= 11 is 3.36. The third kappa shape index (κ3) is 4.20. The van der Waals surface area contributed by atoms with Crippen LogP contribution in [0.3, 0.4) is 0 Å². The lowest BCUT2D eigenvalue weighted by Crippen LogP contribution is -2.37. The van der Waals surface area contributed by atoms with Crippen molar-refractivity contribution in [2.24, 2.45) is 0 Å². The molecule has 3 rings (SSSR count). The van der Waals surface area contributed by atoms with Crippen molar-refractivity contribution in [1.82, 2.24) is 10.6 Å². The fourth-order valence-corrected chi connectivity index (χ4v) is 3.02. The van der Waals surface area contributed by atoms with Crippen molar-refractivity contribution in [2.45, 2.75) is 6.54 Å². The molecule has 2 aromatic carbocycles. The van der Waals surface area contributed by atoms with Crippen molar-refractivity contribution >= 4 is 33.3 Å². The van der Waals surface area contributed by atoms with Gasteiger partial charge in [0, 0.05) is 28.3 Å². The van der Waals surface area contributed by atoms with Crippen molar-refractivity contribution in [2.75, 3.05) is 6.61 Å². The standard InChI is InChI=1S/C20H17BrN2O4/c1-2-7-27-18-6-3-12(8-17(18)24)10-22-11-16-15-9-13(21)4-5-14(15)19(25)23-20(16)26/h2-6,8-9,11,22,24H,1,7,10H2,(H,23,25,26). The Balaban J connectivity index is 1.76. The molecule has 0 radical (unpaired) electrons. The fraction of sp³-hybridized carbons (Fsp3) is 0.100. The van der Waals surface area contributed by atoms with E-state index in [1.54, 1.807) is 48.7 Å². The minimum Gasteiger partial charge on any atom is -0.504 e. The highest BCUT2D eigenvalue weighted by atomic mass is 79.9. The second-order valence-corrected chi connectivity index (χ2v) is 6.73. The molecule has 0 spiro atoms. The monoisotopic (exact) mass is 428 g/mol. The van der Waals surface area contributed by atoms with E-state index in [-0.39, 0.29) is 5.75 Å². The van der Waals surface area contributed by atoms with Crippen LogP contribution in [0.25, 0.3) is 5.57 Å². The molecule has 27 heavy (non-hydrogen) atoms. The Morgan fingerprint density at radius 3 is 2.70 bits per heavy atom. The minimum atomic E-state index is -0.464. The number of aromatic hydroxyl groups is 1. The maximum absolute atomic E-state index is 12.2. The molecule has 2 amide bonds. The molecule has 0 fully saturated rings. The van der Waals surface area contributed by atoms with Gasteiger partial charge in [0.05, 0.1) is 5.57 Å². The van der Waals surface area contributed by atoms with Gasteiger partial charge in [-0.1, -0.05) is 34.7 Å². The van der Waals surface area contributed by atoms with Crippen LogP contribution in [0.5, 0.6) is 11.5 Å². The van der Waals surface area contributed by atoms with E-state index in [1.165, 1.54) is 0 Å². The Bertz CT molecular complexity index is 953. The number of benzene rings is 2. The molecule has 0 saturated carbocycles. The van der Waals surface area contributed by atoms with Gasteiger partial charge in [-0.2, -0.15) is 0 Å². The first-order valence-corrected chi connectivity index (χ1v) is 8.93. The number of rotatable bonds is 6. The summed E-state index contributed by atoms with van der Waals surface area (Å²) in [6.07, 6.45) is 3.16. The molecule has 1 aliphatic heterocycles. The first kappa shape index (κ1) is 18.7. The van der Waals surface area contributed by atoms with Gasteiger partial charge in [0.25, 0.3) is 11.8 Å². The summed E-state index contributed by atoms with van der Waals surface area (Å²) in [4.78, 5) is 24.2. The van der Waals surface area contributed by atoms with Gasteiger partial charge in [-0.15, -0.1) is 0 Å². The molecule has 0 atom stereocenters. The quantitative estimate of drug-likeness (QED) is 0.373. The van der Waals surface area contributed by atoms with Gasteiger partial charge in [0.15, 0.2) is 11.5 Å². The van der Waals surface area contributed by atoms with Crippen LogP contribution in [0.1, 0.15) is 21.5 Å². The summed E-state index contributed by atoms with van der Waals surface area (Å²) < 4.78 is 6.10. The molecular weight excluding hydrogens is 412 g/mol. The molecule has 0 bridgehead atoms. The van der Waals surface area contributed by atoms with Crippen LogP contribution < -0.4 is 15.4 Å². The van der Waals surface area contributed by atoms with Gasteiger partial charge in [-0.25, -0.2) is 0 Å². The average molecular weight is 429 g/mol. The van der Waals surface area contributed by atoms with Crippen LogP contribution in [0, 0.1) is 0 Å². The van der Waals surface area contributed by atoms with E-state index in [0.29, 0.717) is 35.6 Å². The molecule has 2 aromatic rings. The lowest BCUT2D eigenvalue weighted by atomic mass is 9.95. The third-order valence-electron chi connectivity index (χ3n) is 3.92. The second kappa shape index (κ2) is 8.09. The summed E-state index contributed by atoms with van der Waals surface area (Å²) in [7, 11) is 0. The molecule has 1 heterocycles. The SMILES string of the molecule is C=CCOc1ccc(CNC=C2C(=O)NC(=O)c3ccc(Br)cc32)cc1O. The molecule has 0 aromatic heterocycles. The summed E-state index contributed by atoms with van der Waals surface area (Å²) in [5.41, 5.74) is 2.16. The number of nitrogens with one attached hydrogen (secondary N) is 2. The molecule has 1 aliphatic rings. The maximum atomic E-state index is 12.2. The van der Waals surface area contributed by atoms with Gasteiger partial charge in [-0.3, -0.25) is 14.9 Å². The van der Waals surface area contributed by atoms with Gasteiger partial charge in [0.2, 0.25) is 0 Å². The lowest BCUT2D eigenvalue weighted by molar-refractivity contribution is -0.114. The fourth-order valence-electron chi connectivity index (χ4n) is 2.66. The zero-order chi connectivity index (χ0) is 19.4. The van der Waals surface area contributed by atoms with Crippen molar-refractivity contribution in [3.8, 4) is 11.5 Å².